The maximum absolute atomic E-state index is 6.89. The van der Waals surface area contributed by atoms with Crippen molar-refractivity contribution in [2.24, 2.45) is 0 Å². The van der Waals surface area contributed by atoms with E-state index in [1.165, 1.54) is 87.1 Å². The molecule has 0 N–H and O–H groups in total. The number of hydrogen-bond donors (Lipinski definition) is 0. The van der Waals surface area contributed by atoms with E-state index in [1.54, 1.807) is 0 Å². The summed E-state index contributed by atoms with van der Waals surface area (Å²) in [5, 5.41) is 9.30. The van der Waals surface area contributed by atoms with Gasteiger partial charge in [-0.15, -0.1) is 0 Å². The van der Waals surface area contributed by atoms with E-state index in [-0.39, 0.29) is 6.85 Å². The molecule has 3 aliphatic heterocycles. The summed E-state index contributed by atoms with van der Waals surface area (Å²) in [4.78, 5) is 2.62. The van der Waals surface area contributed by atoms with Gasteiger partial charge in [0.05, 0.1) is 5.39 Å². The Kier molecular flexibility index (Phi) is 5.02. The number of nitrogens with zero attached hydrogens (tertiary/aromatic N) is 2. The Bertz CT molecular complexity index is 2870. The predicted molar refractivity (Wildman–Crippen MR) is 212 cm³/mol. The van der Waals surface area contributed by atoms with Gasteiger partial charge in [-0.3, -0.25) is 0 Å². The van der Waals surface area contributed by atoms with E-state index in [4.69, 9.17) is 4.42 Å². The van der Waals surface area contributed by atoms with Crippen LogP contribution in [0.3, 0.4) is 0 Å². The van der Waals surface area contributed by atoms with Crippen LogP contribution < -0.4 is 36.6 Å². The lowest BCUT2D eigenvalue weighted by atomic mass is 9.45. The molecule has 0 saturated carbocycles. The van der Waals surface area contributed by atoms with Gasteiger partial charge in [0.1, 0.15) is 5.58 Å². The highest BCUT2D eigenvalue weighted by molar-refractivity contribution is 7.21. The van der Waals surface area contributed by atoms with Gasteiger partial charge in [-0.05, 0) is 67.9 Å². The van der Waals surface area contributed by atoms with Crippen molar-refractivity contribution in [3.8, 4) is 11.1 Å². The van der Waals surface area contributed by atoms with Crippen LogP contribution in [0.25, 0.3) is 44.1 Å². The Morgan fingerprint density at radius 1 is 0.580 bits per heavy atom. The zero-order valence-electron chi connectivity index (χ0n) is 27.4. The maximum atomic E-state index is 6.89. The first-order valence-electron chi connectivity index (χ1n) is 17.5. The lowest BCUT2D eigenvalue weighted by Gasteiger charge is -2.49. The fourth-order valence-corrected chi connectivity index (χ4v) is 15.1. The molecule has 2 aromatic heterocycles. The van der Waals surface area contributed by atoms with Crippen molar-refractivity contribution in [2.75, 3.05) is 4.90 Å². The summed E-state index contributed by atoms with van der Waals surface area (Å²) in [6.45, 7) is 2.20. The number of anilines is 3. The molecule has 0 spiro atoms. The van der Waals surface area contributed by atoms with Gasteiger partial charge in [-0.25, -0.2) is 0 Å². The molecule has 50 heavy (non-hydrogen) atoms. The Hall–Kier alpha value is -6.04. The standard InChI is InChI=1S/C45H29BN2OSi/c1-28-26-34-31-19-12-20-33-41-32-18-8-10-23-38(32)49-45(41)48(43(31)33)46-35-21-13-25-40-44(35)47(37(27-28)42(34)46)36-22-9-11-24-39(36)50(40,29-14-4-2-5-15-29)30-16-6-3-7-17-30/h2-27H,1H3. The molecular formula is C45H29BN2OSi. The molecule has 0 radical (unpaired) electrons. The number of benzene rings is 7. The van der Waals surface area contributed by atoms with Crippen LogP contribution in [0.2, 0.25) is 0 Å². The minimum atomic E-state index is -2.78. The molecule has 0 amide bonds. The van der Waals surface area contributed by atoms with Crippen LogP contribution in [-0.2, 0) is 0 Å². The summed E-state index contributed by atoms with van der Waals surface area (Å²) in [7, 11) is -2.78. The lowest BCUT2D eigenvalue weighted by molar-refractivity contribution is 0.651. The molecular weight excluding hydrogens is 623 g/mol. The van der Waals surface area contributed by atoms with E-state index in [1.807, 2.05) is 0 Å². The molecule has 5 heterocycles. The number of para-hydroxylation sites is 4. The highest BCUT2D eigenvalue weighted by Gasteiger charge is 2.53. The van der Waals surface area contributed by atoms with Gasteiger partial charge in [0.25, 0.3) is 0 Å². The average molecular weight is 653 g/mol. The third-order valence-electron chi connectivity index (χ3n) is 11.7. The number of rotatable bonds is 2. The second kappa shape index (κ2) is 9.35. The molecule has 0 unspecified atom stereocenters. The Balaban J connectivity index is 1.29. The summed E-state index contributed by atoms with van der Waals surface area (Å²) >= 11 is 0. The highest BCUT2D eigenvalue weighted by Crippen LogP contribution is 2.48. The second-order valence-electron chi connectivity index (χ2n) is 14.1. The molecule has 12 rings (SSSR count). The topological polar surface area (TPSA) is 21.3 Å². The van der Waals surface area contributed by atoms with Gasteiger partial charge in [-0.2, -0.15) is 0 Å². The van der Waals surface area contributed by atoms with Crippen molar-refractivity contribution in [1.82, 2.24) is 4.48 Å². The number of aromatic nitrogens is 1. The van der Waals surface area contributed by atoms with E-state index in [0.717, 1.165) is 11.3 Å². The van der Waals surface area contributed by atoms with Crippen molar-refractivity contribution in [1.29, 1.82) is 0 Å². The minimum absolute atomic E-state index is 0.0502. The van der Waals surface area contributed by atoms with Crippen LogP contribution in [0.1, 0.15) is 5.56 Å². The molecule has 0 saturated heterocycles. The molecule has 0 fully saturated rings. The zero-order chi connectivity index (χ0) is 32.7. The normalized spacial score (nSPS) is 14.6. The molecule has 0 atom stereocenters. The van der Waals surface area contributed by atoms with E-state index >= 15 is 0 Å². The van der Waals surface area contributed by atoms with Crippen LogP contribution >= 0.6 is 0 Å². The van der Waals surface area contributed by atoms with Crippen LogP contribution in [-0.4, -0.2) is 19.4 Å². The Morgan fingerprint density at radius 2 is 1.26 bits per heavy atom. The van der Waals surface area contributed by atoms with Gasteiger partial charge in [0, 0.05) is 38.9 Å². The van der Waals surface area contributed by atoms with Gasteiger partial charge in [0.15, 0.2) is 13.8 Å². The van der Waals surface area contributed by atoms with E-state index in [9.17, 15) is 0 Å². The average Bonchev–Trinajstić information content (AvgIpc) is 3.70. The third kappa shape index (κ3) is 3.05. The van der Waals surface area contributed by atoms with Crippen molar-refractivity contribution in [3.63, 3.8) is 0 Å². The zero-order valence-corrected chi connectivity index (χ0v) is 28.4. The summed E-state index contributed by atoms with van der Waals surface area (Å²) < 4.78 is 9.43. The fourth-order valence-electron chi connectivity index (χ4n) is 9.93. The quantitative estimate of drug-likeness (QED) is 0.189. The molecule has 0 aliphatic carbocycles. The molecule has 5 heteroatoms. The summed E-state index contributed by atoms with van der Waals surface area (Å²) in [6.07, 6.45) is 0. The highest BCUT2D eigenvalue weighted by atomic mass is 28.3. The Labute approximate surface area is 290 Å². The summed E-state index contributed by atoms with van der Waals surface area (Å²) in [5.41, 5.74) is 13.6. The first-order chi connectivity index (χ1) is 24.7. The number of aryl methyl sites for hydroxylation is 1. The van der Waals surface area contributed by atoms with Crippen molar-refractivity contribution >= 4 is 96.6 Å². The number of fused-ring (bicyclic) bond motifs is 11. The fraction of sp³-hybridized carbons (Fsp3) is 0.0222. The smallest absolute Gasteiger partial charge is 0.336 e. The number of furan rings is 1. The van der Waals surface area contributed by atoms with Gasteiger partial charge < -0.3 is 13.8 Å². The van der Waals surface area contributed by atoms with Crippen LogP contribution in [0, 0.1) is 6.92 Å². The van der Waals surface area contributed by atoms with E-state index in [2.05, 4.69) is 174 Å². The van der Waals surface area contributed by atoms with Gasteiger partial charge in [0.2, 0.25) is 0 Å². The molecule has 9 aromatic rings. The summed E-state index contributed by atoms with van der Waals surface area (Å²) in [5.74, 6) is 0. The first-order valence-corrected chi connectivity index (χ1v) is 19.5. The molecule has 3 nitrogen and oxygen atoms in total. The molecule has 3 aliphatic rings. The second-order valence-corrected chi connectivity index (χ2v) is 17.8. The first kappa shape index (κ1) is 26.9. The van der Waals surface area contributed by atoms with Crippen molar-refractivity contribution in [2.45, 2.75) is 6.92 Å². The van der Waals surface area contributed by atoms with E-state index in [0.29, 0.717) is 0 Å². The molecule has 0 bridgehead atoms. The summed E-state index contributed by atoms with van der Waals surface area (Å²) in [6, 6.07) is 59.2. The van der Waals surface area contributed by atoms with E-state index < -0.39 is 8.07 Å². The SMILES string of the molecule is Cc1cc2c3c(c1)N1c4ccccc4[Si](c4ccccc4)(c4ccccc4)c4cccc(c41)B3n1c3oc4ccccc4c3c3cccc-2c31. The van der Waals surface area contributed by atoms with Gasteiger partial charge >= 0.3 is 6.85 Å². The largest absolute Gasteiger partial charge is 0.441 e. The van der Waals surface area contributed by atoms with Crippen molar-refractivity contribution in [3.05, 3.63) is 163 Å². The minimum Gasteiger partial charge on any atom is -0.441 e. The van der Waals surface area contributed by atoms with Crippen molar-refractivity contribution < 1.29 is 4.42 Å². The Morgan fingerprint density at radius 3 is 2.08 bits per heavy atom. The van der Waals surface area contributed by atoms with Crippen LogP contribution in [0.4, 0.5) is 17.1 Å². The van der Waals surface area contributed by atoms with Gasteiger partial charge in [-0.1, -0.05) is 140 Å². The monoisotopic (exact) mass is 652 g/mol. The predicted octanol–water partition coefficient (Wildman–Crippen LogP) is 6.96. The van der Waals surface area contributed by atoms with Crippen LogP contribution in [0.15, 0.2) is 162 Å². The molecule has 7 aromatic carbocycles. The van der Waals surface area contributed by atoms with Crippen LogP contribution in [0.5, 0.6) is 0 Å². The maximum Gasteiger partial charge on any atom is 0.336 e. The third-order valence-corrected chi connectivity index (χ3v) is 16.5. The number of hydrogen-bond acceptors (Lipinski definition) is 2. The lowest BCUT2D eigenvalue weighted by Crippen LogP contribution is -2.78. The molecule has 232 valence electrons.